The van der Waals surface area contributed by atoms with E-state index in [1.807, 2.05) is 0 Å². The van der Waals surface area contributed by atoms with Crippen LogP contribution in [0.4, 0.5) is 5.82 Å². The highest BCUT2D eigenvalue weighted by Gasteiger charge is 2.38. The molecule has 0 N–H and O–H groups in total. The molecule has 17 heavy (non-hydrogen) atoms. The highest BCUT2D eigenvalue weighted by Crippen LogP contribution is 2.25. The lowest BCUT2D eigenvalue weighted by Crippen LogP contribution is -2.27. The second kappa shape index (κ2) is 4.69. The molecule has 0 aliphatic carbocycles. The summed E-state index contributed by atoms with van der Waals surface area (Å²) in [6, 6.07) is 3.52. The Morgan fingerprint density at radius 1 is 1.53 bits per heavy atom. The van der Waals surface area contributed by atoms with E-state index in [4.69, 9.17) is 10.7 Å². The molecule has 0 spiro atoms. The molecule has 1 aromatic rings. The number of hydrogen-bond acceptors (Lipinski definition) is 4. The van der Waals surface area contributed by atoms with E-state index in [-0.39, 0.29) is 18.9 Å². The fraction of sp³-hybridized carbons (Fsp3) is 0.333. The molecule has 1 aromatic heterocycles. The Bertz CT molecular complexity index is 563. The van der Waals surface area contributed by atoms with Crippen LogP contribution in [-0.4, -0.2) is 31.1 Å². The van der Waals surface area contributed by atoms with Crippen LogP contribution in [0, 0.1) is 3.57 Å². The van der Waals surface area contributed by atoms with Gasteiger partial charge < -0.3 is 0 Å². The van der Waals surface area contributed by atoms with Crippen LogP contribution in [-0.2, 0) is 13.8 Å². The number of rotatable bonds is 2. The fourth-order valence-electron chi connectivity index (χ4n) is 1.63. The third-order valence-corrected chi connectivity index (χ3v) is 5.01. The minimum atomic E-state index is -3.71. The molecule has 1 saturated heterocycles. The van der Waals surface area contributed by atoms with Crippen LogP contribution in [0.1, 0.15) is 6.42 Å². The molecule has 1 amide bonds. The summed E-state index contributed by atoms with van der Waals surface area (Å²) in [4.78, 5) is 17.1. The summed E-state index contributed by atoms with van der Waals surface area (Å²) in [6.45, 7) is 0.0672. The smallest absolute Gasteiger partial charge is 0.237 e. The van der Waals surface area contributed by atoms with E-state index in [0.29, 0.717) is 5.82 Å². The Morgan fingerprint density at radius 3 is 2.76 bits per heavy atom. The van der Waals surface area contributed by atoms with Crippen molar-refractivity contribution in [3.05, 3.63) is 21.9 Å². The van der Waals surface area contributed by atoms with E-state index in [1.165, 1.54) is 4.90 Å². The van der Waals surface area contributed by atoms with Gasteiger partial charge in [0.1, 0.15) is 11.1 Å². The molecule has 1 atom stereocenters. The van der Waals surface area contributed by atoms with Gasteiger partial charge >= 0.3 is 0 Å². The van der Waals surface area contributed by atoms with Gasteiger partial charge in [0.2, 0.25) is 15.0 Å². The van der Waals surface area contributed by atoms with Gasteiger partial charge in [0, 0.05) is 33.4 Å². The second-order valence-corrected chi connectivity index (χ2v) is 7.79. The number of carbonyl (C=O) groups excluding carboxylic acids is 1. The molecule has 0 bridgehead atoms. The van der Waals surface area contributed by atoms with Gasteiger partial charge in [-0.25, -0.2) is 13.4 Å². The first-order valence-corrected chi connectivity index (χ1v) is 8.18. The monoisotopic (exact) mass is 386 g/mol. The SMILES string of the molecule is O=C1CC(S(=O)(=O)Cl)CN1c1cc(I)ccn1. The number of amides is 1. The van der Waals surface area contributed by atoms with Crippen LogP contribution in [0.3, 0.4) is 0 Å². The van der Waals surface area contributed by atoms with Gasteiger partial charge in [-0.3, -0.25) is 9.69 Å². The Kier molecular flexibility index (Phi) is 3.60. The minimum Gasteiger partial charge on any atom is -0.295 e. The van der Waals surface area contributed by atoms with Crippen molar-refractivity contribution >= 4 is 54.0 Å². The van der Waals surface area contributed by atoms with Crippen LogP contribution < -0.4 is 4.90 Å². The van der Waals surface area contributed by atoms with E-state index >= 15 is 0 Å². The molecule has 0 aromatic carbocycles. The molecule has 5 nitrogen and oxygen atoms in total. The first-order valence-electron chi connectivity index (χ1n) is 4.73. The van der Waals surface area contributed by atoms with Crippen molar-refractivity contribution in [3.63, 3.8) is 0 Å². The highest BCUT2D eigenvalue weighted by atomic mass is 127. The van der Waals surface area contributed by atoms with Crippen LogP contribution >= 0.6 is 33.3 Å². The van der Waals surface area contributed by atoms with Gasteiger partial charge in [0.25, 0.3) is 0 Å². The lowest BCUT2D eigenvalue weighted by molar-refractivity contribution is -0.117. The summed E-state index contributed by atoms with van der Waals surface area (Å²) in [5.74, 6) is 0.193. The Hall–Kier alpha value is -0.410. The molecule has 1 fully saturated rings. The summed E-state index contributed by atoms with van der Waals surface area (Å²) in [5, 5.41) is -0.851. The van der Waals surface area contributed by atoms with Gasteiger partial charge in [-0.2, -0.15) is 0 Å². The maximum atomic E-state index is 11.7. The van der Waals surface area contributed by atoms with Crippen LogP contribution in [0.15, 0.2) is 18.3 Å². The number of aromatic nitrogens is 1. The summed E-state index contributed by atoms with van der Waals surface area (Å²) in [7, 11) is 1.55. The molecule has 0 radical (unpaired) electrons. The third-order valence-electron chi connectivity index (χ3n) is 2.47. The van der Waals surface area contributed by atoms with Gasteiger partial charge in [0.15, 0.2) is 0 Å². The predicted molar refractivity (Wildman–Crippen MR) is 72.5 cm³/mol. The van der Waals surface area contributed by atoms with Crippen molar-refractivity contribution in [2.45, 2.75) is 11.7 Å². The second-order valence-electron chi connectivity index (χ2n) is 3.64. The Labute approximate surface area is 117 Å². The standard InChI is InChI=1S/C9H8ClIN2O3S/c10-17(15,16)7-4-9(14)13(5-7)8-3-6(11)1-2-12-8/h1-3,7H,4-5H2. The number of carbonyl (C=O) groups is 1. The Balaban J connectivity index is 2.28. The van der Waals surface area contributed by atoms with Gasteiger partial charge in [-0.15, -0.1) is 0 Å². The quantitative estimate of drug-likeness (QED) is 0.569. The minimum absolute atomic E-state index is 0.0672. The average molecular weight is 387 g/mol. The molecule has 1 aliphatic heterocycles. The van der Waals surface area contributed by atoms with Crippen LogP contribution in [0.2, 0.25) is 0 Å². The molecule has 2 heterocycles. The summed E-state index contributed by atoms with van der Waals surface area (Å²) < 4.78 is 23.3. The maximum Gasteiger partial charge on any atom is 0.237 e. The third kappa shape index (κ3) is 2.89. The summed E-state index contributed by atoms with van der Waals surface area (Å²) in [6.07, 6.45) is 1.49. The number of pyridine rings is 1. The van der Waals surface area contributed by atoms with E-state index in [9.17, 15) is 13.2 Å². The summed E-state index contributed by atoms with van der Waals surface area (Å²) in [5.41, 5.74) is 0. The maximum absolute atomic E-state index is 11.7. The molecule has 1 aliphatic rings. The summed E-state index contributed by atoms with van der Waals surface area (Å²) >= 11 is 2.10. The zero-order valence-corrected chi connectivity index (χ0v) is 12.2. The van der Waals surface area contributed by atoms with Crippen LogP contribution in [0.5, 0.6) is 0 Å². The first-order chi connectivity index (χ1) is 7.88. The van der Waals surface area contributed by atoms with Crippen molar-refractivity contribution in [2.24, 2.45) is 0 Å². The largest absolute Gasteiger partial charge is 0.295 e. The fourth-order valence-corrected chi connectivity index (χ4v) is 3.09. The zero-order chi connectivity index (χ0) is 12.6. The number of hydrogen-bond donors (Lipinski definition) is 0. The number of nitrogens with zero attached hydrogens (tertiary/aromatic N) is 2. The van der Waals surface area contributed by atoms with Gasteiger partial charge in [0.05, 0.1) is 0 Å². The van der Waals surface area contributed by atoms with Gasteiger partial charge in [-0.05, 0) is 34.7 Å². The topological polar surface area (TPSA) is 67.3 Å². The lowest BCUT2D eigenvalue weighted by Gasteiger charge is -2.14. The van der Waals surface area contributed by atoms with Crippen molar-refractivity contribution in [1.82, 2.24) is 4.98 Å². The molecular formula is C9H8ClIN2O3S. The number of halogens is 2. The molecule has 0 saturated carbocycles. The average Bonchev–Trinajstić information content (AvgIpc) is 2.60. The van der Waals surface area contributed by atoms with Crippen molar-refractivity contribution in [2.75, 3.05) is 11.4 Å². The molecule has 2 rings (SSSR count). The molecule has 92 valence electrons. The van der Waals surface area contributed by atoms with Crippen molar-refractivity contribution in [1.29, 1.82) is 0 Å². The molecule has 1 unspecified atom stereocenters. The predicted octanol–water partition coefficient (Wildman–Crippen LogP) is 1.36. The van der Waals surface area contributed by atoms with Gasteiger partial charge in [-0.1, -0.05) is 0 Å². The van der Waals surface area contributed by atoms with Crippen LogP contribution in [0.25, 0.3) is 0 Å². The molecular weight excluding hydrogens is 379 g/mol. The lowest BCUT2D eigenvalue weighted by atomic mass is 10.4. The van der Waals surface area contributed by atoms with E-state index < -0.39 is 14.3 Å². The van der Waals surface area contributed by atoms with E-state index in [1.54, 1.807) is 18.3 Å². The first kappa shape index (κ1) is 13.0. The van der Waals surface area contributed by atoms with E-state index in [0.717, 1.165) is 3.57 Å². The van der Waals surface area contributed by atoms with E-state index in [2.05, 4.69) is 27.6 Å². The highest BCUT2D eigenvalue weighted by molar-refractivity contribution is 14.1. The molecule has 8 heteroatoms. The van der Waals surface area contributed by atoms with Crippen molar-refractivity contribution in [3.8, 4) is 0 Å². The van der Waals surface area contributed by atoms with Crippen molar-refractivity contribution < 1.29 is 13.2 Å². The normalized spacial score (nSPS) is 20.9. The number of anilines is 1. The Morgan fingerprint density at radius 2 is 2.24 bits per heavy atom. The zero-order valence-electron chi connectivity index (χ0n) is 8.51.